The molecule has 4 heteroatoms. The molecule has 0 fully saturated rings. The Morgan fingerprint density at radius 1 is 1.70 bits per heavy atom. The van der Waals surface area contributed by atoms with Crippen LogP contribution in [0.2, 0.25) is 0 Å². The first kappa shape index (κ1) is 7.57. The summed E-state index contributed by atoms with van der Waals surface area (Å²) in [6, 6.07) is 0. The van der Waals surface area contributed by atoms with Crippen LogP contribution in [0, 0.1) is 0 Å². The van der Waals surface area contributed by atoms with Gasteiger partial charge in [0.25, 0.3) is 0 Å². The quantitative estimate of drug-likeness (QED) is 0.412. The lowest BCUT2D eigenvalue weighted by atomic mass is 10.1. The lowest BCUT2D eigenvalue weighted by Gasteiger charge is -2.20. The fraction of sp³-hybridized carbons (Fsp3) is 0.333. The van der Waals surface area contributed by atoms with Gasteiger partial charge in [-0.2, -0.15) is 0 Å². The summed E-state index contributed by atoms with van der Waals surface area (Å²) in [7, 11) is 0. The van der Waals surface area contributed by atoms with Crippen LogP contribution < -0.4 is 11.5 Å². The van der Waals surface area contributed by atoms with Gasteiger partial charge < -0.3 is 11.5 Å². The fourth-order valence-corrected chi connectivity index (χ4v) is 1.12. The van der Waals surface area contributed by atoms with Crippen LogP contribution in [-0.2, 0) is 0 Å². The van der Waals surface area contributed by atoms with Crippen LogP contribution in [0.1, 0.15) is 6.42 Å². The zero-order valence-corrected chi connectivity index (χ0v) is 6.03. The molecule has 0 amide bonds. The van der Waals surface area contributed by atoms with Crippen LogP contribution in [0.5, 0.6) is 0 Å². The van der Waals surface area contributed by atoms with Crippen LogP contribution >= 0.6 is 11.6 Å². The van der Waals surface area contributed by atoms with Gasteiger partial charge in [-0.1, -0.05) is 11.6 Å². The van der Waals surface area contributed by atoms with E-state index in [0.29, 0.717) is 12.1 Å². The third kappa shape index (κ3) is 1.72. The normalized spacial score (nSPS) is 33.1. The number of nitrogens with two attached hydrogens (primary N) is 2. The standard InChI is InChI=1S/C6H8ClFN2/c7-6(10)2-4(8)1-5(9)3-6/h1-2H,3,9-10H2. The zero-order valence-electron chi connectivity index (χ0n) is 5.27. The first-order valence-corrected chi connectivity index (χ1v) is 3.20. The minimum atomic E-state index is -1.14. The Balaban J connectivity index is 2.88. The number of allylic oxidation sites excluding steroid dienone is 2. The predicted octanol–water partition coefficient (Wildman–Crippen LogP) is 0.980. The number of alkyl halides is 1. The van der Waals surface area contributed by atoms with E-state index in [1.54, 1.807) is 0 Å². The molecule has 0 aromatic carbocycles. The Hall–Kier alpha value is -0.540. The molecule has 0 heterocycles. The van der Waals surface area contributed by atoms with Crippen LogP contribution in [0.15, 0.2) is 23.7 Å². The largest absolute Gasteiger partial charge is 0.402 e. The molecule has 10 heavy (non-hydrogen) atoms. The van der Waals surface area contributed by atoms with Gasteiger partial charge in [-0.3, -0.25) is 0 Å². The lowest BCUT2D eigenvalue weighted by molar-refractivity contribution is 0.607. The summed E-state index contributed by atoms with van der Waals surface area (Å²) in [5.41, 5.74) is 11.1. The second-order valence-corrected chi connectivity index (χ2v) is 3.06. The Morgan fingerprint density at radius 2 is 2.30 bits per heavy atom. The highest BCUT2D eigenvalue weighted by atomic mass is 35.5. The molecule has 0 saturated carbocycles. The Morgan fingerprint density at radius 3 is 2.70 bits per heavy atom. The van der Waals surface area contributed by atoms with E-state index in [1.165, 1.54) is 6.08 Å². The van der Waals surface area contributed by atoms with Crippen molar-refractivity contribution >= 4 is 11.6 Å². The van der Waals surface area contributed by atoms with Crippen LogP contribution in [0.3, 0.4) is 0 Å². The topological polar surface area (TPSA) is 52.0 Å². The van der Waals surface area contributed by atoms with Gasteiger partial charge in [-0.15, -0.1) is 0 Å². The lowest BCUT2D eigenvalue weighted by Crippen LogP contribution is -2.34. The van der Waals surface area contributed by atoms with Gasteiger partial charge >= 0.3 is 0 Å². The molecule has 0 aromatic heterocycles. The monoisotopic (exact) mass is 162 g/mol. The molecule has 0 aromatic rings. The summed E-state index contributed by atoms with van der Waals surface area (Å²) in [5, 5.41) is 0. The van der Waals surface area contributed by atoms with Crippen LogP contribution in [0.25, 0.3) is 0 Å². The number of hydrogen-bond acceptors (Lipinski definition) is 2. The molecule has 0 aliphatic heterocycles. The van der Waals surface area contributed by atoms with Gasteiger partial charge in [0.1, 0.15) is 10.8 Å². The molecule has 1 aliphatic carbocycles. The van der Waals surface area contributed by atoms with Crippen molar-refractivity contribution in [2.75, 3.05) is 0 Å². The average Bonchev–Trinajstić information content (AvgIpc) is 1.54. The molecular formula is C6H8ClFN2. The summed E-state index contributed by atoms with van der Waals surface area (Å²) in [6.45, 7) is 0. The Labute approximate surface area is 63.3 Å². The minimum Gasteiger partial charge on any atom is -0.402 e. The van der Waals surface area contributed by atoms with Gasteiger partial charge in [0, 0.05) is 12.1 Å². The molecule has 2 nitrogen and oxygen atoms in total. The third-order valence-electron chi connectivity index (χ3n) is 1.18. The molecule has 4 N–H and O–H groups in total. The van der Waals surface area contributed by atoms with Crippen molar-refractivity contribution in [1.29, 1.82) is 0 Å². The van der Waals surface area contributed by atoms with E-state index in [1.807, 2.05) is 0 Å². The fourth-order valence-electron chi connectivity index (χ4n) is 0.863. The van der Waals surface area contributed by atoms with Gasteiger partial charge in [0.2, 0.25) is 0 Å². The maximum absolute atomic E-state index is 12.5. The highest BCUT2D eigenvalue weighted by Gasteiger charge is 2.23. The maximum Gasteiger partial charge on any atom is 0.124 e. The molecule has 0 spiro atoms. The second kappa shape index (κ2) is 2.25. The van der Waals surface area contributed by atoms with Crippen molar-refractivity contribution in [1.82, 2.24) is 0 Å². The van der Waals surface area contributed by atoms with E-state index in [2.05, 4.69) is 0 Å². The molecule has 0 radical (unpaired) electrons. The van der Waals surface area contributed by atoms with E-state index in [4.69, 9.17) is 23.1 Å². The second-order valence-electron chi connectivity index (χ2n) is 2.35. The summed E-state index contributed by atoms with van der Waals surface area (Å²) >= 11 is 5.60. The van der Waals surface area contributed by atoms with E-state index in [0.717, 1.165) is 6.08 Å². The molecular weight excluding hydrogens is 155 g/mol. The summed E-state index contributed by atoms with van der Waals surface area (Å²) < 4.78 is 12.5. The molecule has 0 saturated heterocycles. The maximum atomic E-state index is 12.5. The smallest absolute Gasteiger partial charge is 0.124 e. The van der Waals surface area contributed by atoms with E-state index in [9.17, 15) is 4.39 Å². The molecule has 1 aliphatic rings. The summed E-state index contributed by atoms with van der Waals surface area (Å²) in [5.74, 6) is -0.471. The SMILES string of the molecule is NC1=CC(F)=CC(N)(Cl)C1. The summed E-state index contributed by atoms with van der Waals surface area (Å²) in [4.78, 5) is -1.14. The van der Waals surface area contributed by atoms with Crippen molar-refractivity contribution in [3.8, 4) is 0 Å². The number of rotatable bonds is 0. The van der Waals surface area contributed by atoms with Crippen LogP contribution in [-0.4, -0.2) is 5.00 Å². The van der Waals surface area contributed by atoms with Gasteiger partial charge in [-0.25, -0.2) is 4.39 Å². The number of hydrogen-bond donors (Lipinski definition) is 2. The van der Waals surface area contributed by atoms with E-state index in [-0.39, 0.29) is 0 Å². The first-order chi connectivity index (χ1) is 4.49. The minimum absolute atomic E-state index is 0.294. The molecule has 1 unspecified atom stereocenters. The average molecular weight is 163 g/mol. The Kier molecular flexibility index (Phi) is 1.70. The molecule has 56 valence electrons. The van der Waals surface area contributed by atoms with Crippen molar-refractivity contribution in [2.45, 2.75) is 11.4 Å². The van der Waals surface area contributed by atoms with E-state index >= 15 is 0 Å². The molecule has 1 rings (SSSR count). The highest BCUT2D eigenvalue weighted by molar-refractivity contribution is 6.25. The number of halogens is 2. The van der Waals surface area contributed by atoms with Gasteiger partial charge in [0.15, 0.2) is 0 Å². The van der Waals surface area contributed by atoms with Crippen molar-refractivity contribution in [2.24, 2.45) is 11.5 Å². The molecule has 1 atom stereocenters. The van der Waals surface area contributed by atoms with Gasteiger partial charge in [-0.05, 0) is 12.2 Å². The summed E-state index contributed by atoms with van der Waals surface area (Å²) in [6.07, 6.45) is 2.65. The van der Waals surface area contributed by atoms with Gasteiger partial charge in [0.05, 0.1) is 0 Å². The van der Waals surface area contributed by atoms with Crippen molar-refractivity contribution in [3.05, 3.63) is 23.7 Å². The van der Waals surface area contributed by atoms with Crippen molar-refractivity contribution in [3.63, 3.8) is 0 Å². The van der Waals surface area contributed by atoms with E-state index < -0.39 is 10.8 Å². The zero-order chi connectivity index (χ0) is 7.78. The first-order valence-electron chi connectivity index (χ1n) is 2.82. The highest BCUT2D eigenvalue weighted by Crippen LogP contribution is 2.25. The van der Waals surface area contributed by atoms with Crippen molar-refractivity contribution < 1.29 is 4.39 Å². The predicted molar refractivity (Wildman–Crippen MR) is 38.8 cm³/mol. The third-order valence-corrected chi connectivity index (χ3v) is 1.42. The Bertz CT molecular complexity index is 208. The van der Waals surface area contributed by atoms with Crippen LogP contribution in [0.4, 0.5) is 4.39 Å². The molecule has 0 bridgehead atoms.